The van der Waals surface area contributed by atoms with Crippen molar-refractivity contribution in [1.29, 1.82) is 0 Å². The van der Waals surface area contributed by atoms with Crippen molar-refractivity contribution in [1.82, 2.24) is 4.90 Å². The maximum Gasteiger partial charge on any atom is 0.226 e. The Labute approximate surface area is 104 Å². The molecule has 3 nitrogen and oxygen atoms in total. The van der Waals surface area contributed by atoms with Crippen LogP contribution in [0.4, 0.5) is 0 Å². The molecule has 0 aliphatic rings. The van der Waals surface area contributed by atoms with E-state index in [0.29, 0.717) is 13.0 Å². The fourth-order valence-electron chi connectivity index (χ4n) is 1.85. The second kappa shape index (κ2) is 7.07. The molecular formula is C14H22N2O. The first-order valence-electron chi connectivity index (χ1n) is 6.20. The molecule has 0 heterocycles. The lowest BCUT2D eigenvalue weighted by Crippen LogP contribution is -2.33. The maximum atomic E-state index is 12.0. The zero-order valence-electron chi connectivity index (χ0n) is 10.8. The van der Waals surface area contributed by atoms with E-state index in [1.807, 2.05) is 36.9 Å². The molecule has 0 atom stereocenters. The summed E-state index contributed by atoms with van der Waals surface area (Å²) in [5.74, 6) is 0.187. The maximum absolute atomic E-state index is 12.0. The molecule has 1 rings (SSSR count). The van der Waals surface area contributed by atoms with E-state index in [1.54, 1.807) is 0 Å². The van der Waals surface area contributed by atoms with Crippen molar-refractivity contribution in [3.8, 4) is 0 Å². The van der Waals surface area contributed by atoms with Crippen LogP contribution in [0.1, 0.15) is 24.5 Å². The third-order valence-corrected chi connectivity index (χ3v) is 2.80. The van der Waals surface area contributed by atoms with Gasteiger partial charge in [0.15, 0.2) is 0 Å². The second-order valence-corrected chi connectivity index (χ2v) is 4.28. The first-order chi connectivity index (χ1) is 8.17. The van der Waals surface area contributed by atoms with Gasteiger partial charge in [0.2, 0.25) is 5.91 Å². The lowest BCUT2D eigenvalue weighted by Gasteiger charge is -2.20. The van der Waals surface area contributed by atoms with Gasteiger partial charge in [-0.1, -0.05) is 29.8 Å². The van der Waals surface area contributed by atoms with Crippen molar-refractivity contribution in [2.24, 2.45) is 5.73 Å². The molecule has 1 amide bonds. The molecule has 0 aliphatic heterocycles. The van der Waals surface area contributed by atoms with Crippen LogP contribution in [0.5, 0.6) is 0 Å². The molecule has 17 heavy (non-hydrogen) atoms. The van der Waals surface area contributed by atoms with Gasteiger partial charge in [-0.3, -0.25) is 4.79 Å². The number of carbonyl (C=O) groups excluding carboxylic acids is 1. The number of rotatable bonds is 6. The Hall–Kier alpha value is -1.35. The van der Waals surface area contributed by atoms with Crippen molar-refractivity contribution < 1.29 is 4.79 Å². The topological polar surface area (TPSA) is 46.3 Å². The Morgan fingerprint density at radius 2 is 2.18 bits per heavy atom. The molecule has 0 aromatic heterocycles. The summed E-state index contributed by atoms with van der Waals surface area (Å²) in [6.45, 7) is 6.20. The summed E-state index contributed by atoms with van der Waals surface area (Å²) in [6, 6.07) is 8.10. The van der Waals surface area contributed by atoms with E-state index in [-0.39, 0.29) is 5.91 Å². The molecule has 1 aromatic rings. The summed E-state index contributed by atoms with van der Waals surface area (Å²) in [7, 11) is 0. The number of benzene rings is 1. The number of nitrogens with two attached hydrogens (primary N) is 1. The molecule has 0 aliphatic carbocycles. The first kappa shape index (κ1) is 13.7. The van der Waals surface area contributed by atoms with Gasteiger partial charge in [-0.25, -0.2) is 0 Å². The van der Waals surface area contributed by atoms with Gasteiger partial charge in [-0.05, 0) is 32.4 Å². The Kier molecular flexibility index (Phi) is 5.70. The van der Waals surface area contributed by atoms with Crippen LogP contribution in [0.3, 0.4) is 0 Å². The number of amides is 1. The lowest BCUT2D eigenvalue weighted by atomic mass is 10.1. The largest absolute Gasteiger partial charge is 0.343 e. The molecular weight excluding hydrogens is 212 g/mol. The molecule has 0 spiro atoms. The average Bonchev–Trinajstić information content (AvgIpc) is 2.30. The molecule has 0 unspecified atom stereocenters. The Balaban J connectivity index is 2.57. The zero-order valence-corrected chi connectivity index (χ0v) is 10.8. The van der Waals surface area contributed by atoms with Gasteiger partial charge in [0.25, 0.3) is 0 Å². The van der Waals surface area contributed by atoms with Gasteiger partial charge in [0, 0.05) is 13.1 Å². The van der Waals surface area contributed by atoms with E-state index >= 15 is 0 Å². The molecule has 2 N–H and O–H groups in total. The minimum absolute atomic E-state index is 0.187. The standard InChI is InChI=1S/C14H22N2O/c1-3-16(9-5-8-15)14(17)11-13-7-4-6-12(2)10-13/h4,6-7,10H,3,5,8-9,11,15H2,1-2H3. The van der Waals surface area contributed by atoms with Crippen molar-refractivity contribution in [3.05, 3.63) is 35.4 Å². The summed E-state index contributed by atoms with van der Waals surface area (Å²) in [4.78, 5) is 13.9. The van der Waals surface area contributed by atoms with Crippen molar-refractivity contribution in [2.45, 2.75) is 26.7 Å². The summed E-state index contributed by atoms with van der Waals surface area (Å²) in [6.07, 6.45) is 1.35. The van der Waals surface area contributed by atoms with E-state index in [1.165, 1.54) is 5.56 Å². The van der Waals surface area contributed by atoms with E-state index < -0.39 is 0 Å². The number of likely N-dealkylation sites (N-methyl/N-ethyl adjacent to an activating group) is 1. The molecule has 0 saturated heterocycles. The summed E-state index contributed by atoms with van der Waals surface area (Å²) >= 11 is 0. The fourth-order valence-corrected chi connectivity index (χ4v) is 1.85. The van der Waals surface area contributed by atoms with E-state index in [2.05, 4.69) is 6.07 Å². The molecule has 0 fully saturated rings. The van der Waals surface area contributed by atoms with E-state index in [4.69, 9.17) is 5.73 Å². The molecule has 0 bridgehead atoms. The van der Waals surface area contributed by atoms with Gasteiger partial charge < -0.3 is 10.6 Å². The number of aryl methyl sites for hydroxylation is 1. The molecule has 0 radical (unpaired) electrons. The third kappa shape index (κ3) is 4.57. The number of nitrogens with zero attached hydrogens (tertiary/aromatic N) is 1. The number of carbonyl (C=O) groups is 1. The minimum atomic E-state index is 0.187. The Bertz CT molecular complexity index is 363. The van der Waals surface area contributed by atoms with Crippen LogP contribution in [-0.4, -0.2) is 30.4 Å². The Morgan fingerprint density at radius 1 is 1.41 bits per heavy atom. The normalized spacial score (nSPS) is 10.3. The summed E-state index contributed by atoms with van der Waals surface area (Å²) in [5, 5.41) is 0. The van der Waals surface area contributed by atoms with Crippen molar-refractivity contribution in [3.63, 3.8) is 0 Å². The highest BCUT2D eigenvalue weighted by atomic mass is 16.2. The smallest absolute Gasteiger partial charge is 0.226 e. The number of hydrogen-bond donors (Lipinski definition) is 1. The first-order valence-corrected chi connectivity index (χ1v) is 6.20. The second-order valence-electron chi connectivity index (χ2n) is 4.28. The van der Waals surface area contributed by atoms with E-state index in [9.17, 15) is 4.79 Å². The van der Waals surface area contributed by atoms with Crippen LogP contribution < -0.4 is 5.73 Å². The van der Waals surface area contributed by atoms with Gasteiger partial charge in [0.05, 0.1) is 6.42 Å². The van der Waals surface area contributed by atoms with E-state index in [0.717, 1.165) is 25.1 Å². The lowest BCUT2D eigenvalue weighted by molar-refractivity contribution is -0.130. The van der Waals surface area contributed by atoms with Crippen LogP contribution in [0.25, 0.3) is 0 Å². The minimum Gasteiger partial charge on any atom is -0.343 e. The highest BCUT2D eigenvalue weighted by Gasteiger charge is 2.11. The van der Waals surface area contributed by atoms with Gasteiger partial charge in [-0.15, -0.1) is 0 Å². The third-order valence-electron chi connectivity index (χ3n) is 2.80. The Morgan fingerprint density at radius 3 is 2.76 bits per heavy atom. The van der Waals surface area contributed by atoms with Gasteiger partial charge in [-0.2, -0.15) is 0 Å². The van der Waals surface area contributed by atoms with Crippen LogP contribution in [0.2, 0.25) is 0 Å². The van der Waals surface area contributed by atoms with Crippen LogP contribution >= 0.6 is 0 Å². The van der Waals surface area contributed by atoms with Crippen LogP contribution in [0.15, 0.2) is 24.3 Å². The monoisotopic (exact) mass is 234 g/mol. The fraction of sp³-hybridized carbons (Fsp3) is 0.500. The van der Waals surface area contributed by atoms with Crippen molar-refractivity contribution in [2.75, 3.05) is 19.6 Å². The highest BCUT2D eigenvalue weighted by molar-refractivity contribution is 5.78. The zero-order chi connectivity index (χ0) is 12.7. The predicted molar refractivity (Wildman–Crippen MR) is 70.8 cm³/mol. The molecule has 0 saturated carbocycles. The molecule has 1 aromatic carbocycles. The van der Waals surface area contributed by atoms with Crippen LogP contribution in [0, 0.1) is 6.92 Å². The van der Waals surface area contributed by atoms with Crippen molar-refractivity contribution >= 4 is 5.91 Å². The highest BCUT2D eigenvalue weighted by Crippen LogP contribution is 2.06. The SMILES string of the molecule is CCN(CCCN)C(=O)Cc1cccc(C)c1. The van der Waals surface area contributed by atoms with Gasteiger partial charge in [0.1, 0.15) is 0 Å². The van der Waals surface area contributed by atoms with Crippen LogP contribution in [-0.2, 0) is 11.2 Å². The average molecular weight is 234 g/mol. The quantitative estimate of drug-likeness (QED) is 0.815. The molecule has 3 heteroatoms. The summed E-state index contributed by atoms with van der Waals surface area (Å²) in [5.41, 5.74) is 7.75. The molecule has 94 valence electrons. The van der Waals surface area contributed by atoms with Gasteiger partial charge >= 0.3 is 0 Å². The summed E-state index contributed by atoms with van der Waals surface area (Å²) < 4.78 is 0. The predicted octanol–water partition coefficient (Wildman–Crippen LogP) is 1.73. The number of hydrogen-bond acceptors (Lipinski definition) is 2.